The fraction of sp³-hybridized carbons (Fsp3) is 1.00. The minimum atomic E-state index is -3.65. The van der Waals surface area contributed by atoms with Crippen molar-refractivity contribution in [1.82, 2.24) is 11.0 Å². The van der Waals surface area contributed by atoms with Crippen LogP contribution in [0.15, 0.2) is 0 Å². The highest BCUT2D eigenvalue weighted by atomic mass is 19.3. The molecule has 0 aliphatic heterocycles. The third-order valence-corrected chi connectivity index (χ3v) is 1.11. The van der Waals surface area contributed by atoms with Gasteiger partial charge in [-0.05, 0) is 0 Å². The van der Waals surface area contributed by atoms with Crippen LogP contribution in [0.2, 0.25) is 0 Å². The van der Waals surface area contributed by atoms with E-state index in [2.05, 4.69) is 11.5 Å². The lowest BCUT2D eigenvalue weighted by atomic mass is 10.2. The molecule has 0 radical (unpaired) electrons. The summed E-state index contributed by atoms with van der Waals surface area (Å²) in [5, 5.41) is 16.0. The third kappa shape index (κ3) is 2.29. The fourth-order valence-corrected chi connectivity index (χ4v) is 0.366. The van der Waals surface area contributed by atoms with E-state index in [0.29, 0.717) is 0 Å². The molecule has 8 N–H and O–H groups in total. The first-order chi connectivity index (χ1) is 4.96. The molecule has 2 atom stereocenters. The molecule has 0 aliphatic rings. The van der Waals surface area contributed by atoms with Crippen LogP contribution in [0.25, 0.3) is 0 Å². The molecule has 0 aromatic rings. The van der Waals surface area contributed by atoms with Crippen LogP contribution in [0.1, 0.15) is 0 Å². The van der Waals surface area contributed by atoms with Gasteiger partial charge in [-0.3, -0.25) is 0 Å². The molecule has 68 valence electrons. The van der Waals surface area contributed by atoms with Crippen molar-refractivity contribution in [2.24, 2.45) is 11.5 Å². The Morgan fingerprint density at radius 2 is 1.36 bits per heavy atom. The normalized spacial score (nSPS) is 18.0. The Kier molecular flexibility index (Phi) is 3.72. The van der Waals surface area contributed by atoms with Crippen molar-refractivity contribution in [3.05, 3.63) is 0 Å². The zero-order valence-corrected chi connectivity index (χ0v) is 5.46. The van der Waals surface area contributed by atoms with E-state index in [9.17, 15) is 8.78 Å². The Labute approximate surface area is 61.1 Å². The molecule has 6 nitrogen and oxygen atoms in total. The minimum absolute atomic E-state index is 1.12. The zero-order chi connectivity index (χ0) is 9.07. The summed E-state index contributed by atoms with van der Waals surface area (Å²) in [7, 11) is 0. The van der Waals surface area contributed by atoms with Crippen molar-refractivity contribution in [1.29, 1.82) is 0 Å². The summed E-state index contributed by atoms with van der Waals surface area (Å²) in [5.74, 6) is -3.65. The molecule has 2 unspecified atom stereocenters. The SMILES string of the molecule is NC(NO)C(F)(F)C(N)NO. The second-order valence-corrected chi connectivity index (χ2v) is 1.89. The van der Waals surface area contributed by atoms with Crippen molar-refractivity contribution in [3.63, 3.8) is 0 Å². The molecular formula is C3H10F2N4O2. The van der Waals surface area contributed by atoms with Gasteiger partial charge in [0.15, 0.2) is 0 Å². The number of alkyl halides is 2. The van der Waals surface area contributed by atoms with Gasteiger partial charge < -0.3 is 21.9 Å². The summed E-state index contributed by atoms with van der Waals surface area (Å²) in [4.78, 5) is 0. The predicted octanol–water partition coefficient (Wildman–Crippen LogP) is -1.85. The largest absolute Gasteiger partial charge is 0.315 e. The lowest BCUT2D eigenvalue weighted by molar-refractivity contribution is -0.121. The first-order valence-electron chi connectivity index (χ1n) is 2.65. The molecule has 0 aromatic heterocycles. The first kappa shape index (κ1) is 10.6. The van der Waals surface area contributed by atoms with E-state index >= 15 is 0 Å². The van der Waals surface area contributed by atoms with E-state index < -0.39 is 18.3 Å². The predicted molar refractivity (Wildman–Crippen MR) is 30.7 cm³/mol. The van der Waals surface area contributed by atoms with Crippen molar-refractivity contribution in [3.8, 4) is 0 Å². The molecule has 0 saturated carbocycles. The second kappa shape index (κ2) is 3.85. The Balaban J connectivity index is 4.18. The second-order valence-electron chi connectivity index (χ2n) is 1.89. The highest BCUT2D eigenvalue weighted by Gasteiger charge is 2.43. The molecule has 0 saturated heterocycles. The highest BCUT2D eigenvalue weighted by Crippen LogP contribution is 2.16. The molecule has 0 spiro atoms. The van der Waals surface area contributed by atoms with Crippen LogP contribution < -0.4 is 22.4 Å². The molecule has 0 rings (SSSR count). The molecule has 11 heavy (non-hydrogen) atoms. The summed E-state index contributed by atoms with van der Waals surface area (Å²) in [5.41, 5.74) is 11.6. The van der Waals surface area contributed by atoms with Crippen molar-refractivity contribution >= 4 is 0 Å². The van der Waals surface area contributed by atoms with E-state index in [1.807, 2.05) is 0 Å². The molecule has 0 aliphatic carbocycles. The lowest BCUT2D eigenvalue weighted by Crippen LogP contribution is -2.63. The number of hydroxylamine groups is 2. The maximum absolute atomic E-state index is 12.5. The van der Waals surface area contributed by atoms with Crippen molar-refractivity contribution in [2.75, 3.05) is 0 Å². The average molecular weight is 172 g/mol. The molecule has 0 fully saturated rings. The van der Waals surface area contributed by atoms with Gasteiger partial charge in [0.05, 0.1) is 0 Å². The number of nitrogens with two attached hydrogens (primary N) is 2. The molecule has 0 amide bonds. The molecule has 8 heteroatoms. The maximum atomic E-state index is 12.5. The maximum Gasteiger partial charge on any atom is 0.307 e. The van der Waals surface area contributed by atoms with Gasteiger partial charge in [-0.15, -0.1) is 0 Å². The van der Waals surface area contributed by atoms with Gasteiger partial charge in [0, 0.05) is 0 Å². The number of nitrogens with one attached hydrogen (secondary N) is 2. The van der Waals surface area contributed by atoms with Crippen LogP contribution in [-0.2, 0) is 0 Å². The monoisotopic (exact) mass is 172 g/mol. The van der Waals surface area contributed by atoms with Gasteiger partial charge >= 0.3 is 5.92 Å². The fourth-order valence-electron chi connectivity index (χ4n) is 0.366. The van der Waals surface area contributed by atoms with Gasteiger partial charge in [-0.25, -0.2) is 0 Å². The van der Waals surface area contributed by atoms with Gasteiger partial charge in [0.1, 0.15) is 12.3 Å². The van der Waals surface area contributed by atoms with E-state index in [1.54, 1.807) is 0 Å². The quantitative estimate of drug-likeness (QED) is 0.219. The number of rotatable bonds is 4. The number of hydrogen-bond acceptors (Lipinski definition) is 6. The standard InChI is InChI=1S/C3H10F2N4O2/c4-3(5,1(6)8-10)2(7)9-11/h1-2,8-11H,6-7H2. The van der Waals surface area contributed by atoms with Crippen molar-refractivity contribution in [2.45, 2.75) is 18.3 Å². The van der Waals surface area contributed by atoms with E-state index in [0.717, 1.165) is 11.0 Å². The summed E-state index contributed by atoms with van der Waals surface area (Å²) in [6.45, 7) is 0. The minimum Gasteiger partial charge on any atom is -0.315 e. The lowest BCUT2D eigenvalue weighted by Gasteiger charge is -2.26. The van der Waals surface area contributed by atoms with Gasteiger partial charge in [0.25, 0.3) is 0 Å². The topological polar surface area (TPSA) is 117 Å². The Morgan fingerprint density at radius 3 is 1.55 bits per heavy atom. The Bertz CT molecular complexity index is 112. The first-order valence-corrected chi connectivity index (χ1v) is 2.65. The van der Waals surface area contributed by atoms with Gasteiger partial charge in [-0.1, -0.05) is 0 Å². The van der Waals surface area contributed by atoms with Gasteiger partial charge in [-0.2, -0.15) is 19.7 Å². The number of halogens is 2. The van der Waals surface area contributed by atoms with Crippen LogP contribution in [0.5, 0.6) is 0 Å². The Morgan fingerprint density at radius 1 is 1.09 bits per heavy atom. The number of hydrogen-bond donors (Lipinski definition) is 6. The summed E-state index contributed by atoms with van der Waals surface area (Å²) in [6.07, 6.45) is -4.06. The van der Waals surface area contributed by atoms with Crippen LogP contribution in [0.3, 0.4) is 0 Å². The van der Waals surface area contributed by atoms with Crippen LogP contribution in [0.4, 0.5) is 8.78 Å². The van der Waals surface area contributed by atoms with Crippen molar-refractivity contribution < 1.29 is 19.2 Å². The molecule has 0 heterocycles. The van der Waals surface area contributed by atoms with Crippen LogP contribution in [0, 0.1) is 0 Å². The molecular weight excluding hydrogens is 162 g/mol. The van der Waals surface area contributed by atoms with E-state index in [1.165, 1.54) is 0 Å². The van der Waals surface area contributed by atoms with E-state index in [4.69, 9.17) is 10.4 Å². The summed E-state index contributed by atoms with van der Waals surface area (Å²) >= 11 is 0. The third-order valence-electron chi connectivity index (χ3n) is 1.11. The van der Waals surface area contributed by atoms with Gasteiger partial charge in [0.2, 0.25) is 0 Å². The van der Waals surface area contributed by atoms with Crippen LogP contribution in [-0.4, -0.2) is 28.7 Å². The molecule has 0 bridgehead atoms. The Hall–Kier alpha value is -0.380. The average Bonchev–Trinajstić information content (AvgIpc) is 2.01. The van der Waals surface area contributed by atoms with Crippen LogP contribution >= 0.6 is 0 Å². The highest BCUT2D eigenvalue weighted by molar-refractivity contribution is 4.83. The summed E-state index contributed by atoms with van der Waals surface area (Å²) in [6, 6.07) is 0. The smallest absolute Gasteiger partial charge is 0.307 e. The summed E-state index contributed by atoms with van der Waals surface area (Å²) < 4.78 is 25.0. The van der Waals surface area contributed by atoms with E-state index in [-0.39, 0.29) is 0 Å². The zero-order valence-electron chi connectivity index (χ0n) is 5.46. The molecule has 0 aromatic carbocycles.